The van der Waals surface area contributed by atoms with Gasteiger partial charge >= 0.3 is 5.97 Å². The minimum absolute atomic E-state index is 0.228. The van der Waals surface area contributed by atoms with E-state index in [1.165, 1.54) is 28.5 Å². The summed E-state index contributed by atoms with van der Waals surface area (Å²) in [5, 5.41) is 5.33. The van der Waals surface area contributed by atoms with E-state index in [2.05, 4.69) is 26.6 Å². The lowest BCUT2D eigenvalue weighted by Crippen LogP contribution is -2.58. The first-order valence-corrected chi connectivity index (χ1v) is 13.2. The van der Waals surface area contributed by atoms with E-state index in [1.807, 2.05) is 6.07 Å². The van der Waals surface area contributed by atoms with E-state index in [-0.39, 0.29) is 17.6 Å². The van der Waals surface area contributed by atoms with Gasteiger partial charge in [-0.05, 0) is 36.6 Å². The van der Waals surface area contributed by atoms with E-state index in [0.717, 1.165) is 10.0 Å². The molecule has 2 heterocycles. The van der Waals surface area contributed by atoms with Gasteiger partial charge in [0.15, 0.2) is 0 Å². The average Bonchev–Trinajstić information content (AvgIpc) is 3.30. The van der Waals surface area contributed by atoms with Crippen molar-refractivity contribution in [1.29, 1.82) is 0 Å². The summed E-state index contributed by atoms with van der Waals surface area (Å²) < 4.78 is 6.22. The summed E-state index contributed by atoms with van der Waals surface area (Å²) >= 11 is 4.80. The maximum Gasteiger partial charge on any atom is 0.338 e. The predicted octanol–water partition coefficient (Wildman–Crippen LogP) is 0.921. The second kappa shape index (κ2) is 11.9. The lowest BCUT2D eigenvalue weighted by atomic mass is 10.1. The number of nitrogens with one attached hydrogen (secondary N) is 2. The summed E-state index contributed by atoms with van der Waals surface area (Å²) in [6.45, 7) is 1.43. The number of thioether (sulfide) groups is 1. The molecule has 10 nitrogen and oxygen atoms in total. The Morgan fingerprint density at radius 3 is 2.69 bits per heavy atom. The molecule has 0 aliphatic carbocycles. The molecule has 1 saturated heterocycles. The number of hydrogen-bond donors (Lipinski definition) is 2. The quantitative estimate of drug-likeness (QED) is 0.519. The number of esters is 1. The smallest absolute Gasteiger partial charge is 0.338 e. The van der Waals surface area contributed by atoms with Gasteiger partial charge in [0.1, 0.15) is 24.7 Å². The zero-order valence-corrected chi connectivity index (χ0v) is 22.2. The third kappa shape index (κ3) is 6.75. The Labute approximate surface area is 216 Å². The van der Waals surface area contributed by atoms with Gasteiger partial charge in [0, 0.05) is 43.5 Å². The number of rotatable bonds is 3. The van der Waals surface area contributed by atoms with Crippen LogP contribution in [0.4, 0.5) is 0 Å². The van der Waals surface area contributed by atoms with Crippen LogP contribution in [-0.2, 0) is 29.7 Å². The first-order valence-electron chi connectivity index (χ1n) is 11.2. The molecule has 190 valence electrons. The molecule has 0 saturated carbocycles. The van der Waals surface area contributed by atoms with E-state index in [9.17, 15) is 24.0 Å². The van der Waals surface area contributed by atoms with Crippen molar-refractivity contribution >= 4 is 57.3 Å². The van der Waals surface area contributed by atoms with Crippen LogP contribution in [-0.4, -0.2) is 90.5 Å². The fourth-order valence-corrected chi connectivity index (χ4v) is 5.48. The summed E-state index contributed by atoms with van der Waals surface area (Å²) in [6.07, 6.45) is 1.15. The number of halogens is 1. The number of likely N-dealkylation sites (N-methyl/N-ethyl adjacent to an activating group) is 1. The number of benzene rings is 1. The van der Waals surface area contributed by atoms with Gasteiger partial charge < -0.3 is 25.2 Å². The monoisotopic (exact) mass is 568 g/mol. The molecule has 0 unspecified atom stereocenters. The number of fused-ring (bicyclic) bond motifs is 1. The zero-order chi connectivity index (χ0) is 25.7. The molecule has 2 aliphatic heterocycles. The van der Waals surface area contributed by atoms with Crippen LogP contribution in [0.3, 0.4) is 0 Å². The van der Waals surface area contributed by atoms with Gasteiger partial charge in [0.25, 0.3) is 0 Å². The van der Waals surface area contributed by atoms with Crippen LogP contribution in [0.15, 0.2) is 22.7 Å². The van der Waals surface area contributed by atoms with Crippen molar-refractivity contribution in [3.63, 3.8) is 0 Å². The van der Waals surface area contributed by atoms with Crippen molar-refractivity contribution in [2.24, 2.45) is 0 Å². The van der Waals surface area contributed by atoms with Crippen molar-refractivity contribution in [2.75, 3.05) is 33.0 Å². The van der Waals surface area contributed by atoms with Gasteiger partial charge in [-0.25, -0.2) is 4.79 Å². The molecular weight excluding hydrogens is 540 g/mol. The van der Waals surface area contributed by atoms with E-state index in [1.54, 1.807) is 26.2 Å². The third-order valence-electron chi connectivity index (χ3n) is 5.86. The first-order chi connectivity index (χ1) is 16.6. The van der Waals surface area contributed by atoms with Gasteiger partial charge in [0.05, 0.1) is 5.56 Å². The van der Waals surface area contributed by atoms with Gasteiger partial charge in [-0.1, -0.05) is 15.9 Å². The van der Waals surface area contributed by atoms with Crippen LogP contribution >= 0.6 is 27.7 Å². The molecule has 12 heteroatoms. The minimum atomic E-state index is -1.23. The Balaban J connectivity index is 1.87. The van der Waals surface area contributed by atoms with Gasteiger partial charge in [-0.2, -0.15) is 11.8 Å². The lowest BCUT2D eigenvalue weighted by Gasteiger charge is -2.28. The predicted molar refractivity (Wildman–Crippen MR) is 134 cm³/mol. The second-order valence-electron chi connectivity index (χ2n) is 8.64. The summed E-state index contributed by atoms with van der Waals surface area (Å²) in [6, 6.07) is 2.39. The SMILES string of the molecule is CC(=O)N1CCC[C@H]1C(=O)N[C@@H]1COC(=O)c2ccc(Br)cc2CSC[C@H](C(=O)N(C)C)NC1=O. The number of likely N-dealkylation sites (tertiary alicyclic amines) is 1. The molecule has 3 atom stereocenters. The van der Waals surface area contributed by atoms with Gasteiger partial charge in [-0.15, -0.1) is 0 Å². The highest BCUT2D eigenvalue weighted by atomic mass is 79.9. The van der Waals surface area contributed by atoms with Crippen LogP contribution < -0.4 is 10.6 Å². The standard InChI is InChI=1S/C23H29BrN4O6S/c1-13(29)28-8-4-5-19(28)21(31)25-17-10-34-23(33)16-7-6-15(24)9-14(16)11-35-12-18(26-20(17)30)22(32)27(2)3/h6-7,9,17-19H,4-5,8,10-12H2,1-3H3,(H,25,31)(H,26,30)/t17-,18-,19+/m1/s1. The molecule has 4 amide bonds. The molecule has 1 fully saturated rings. The molecule has 35 heavy (non-hydrogen) atoms. The summed E-state index contributed by atoms with van der Waals surface area (Å²) in [4.78, 5) is 66.4. The molecule has 1 aromatic carbocycles. The first kappa shape index (κ1) is 27.0. The van der Waals surface area contributed by atoms with Gasteiger partial charge in [0.2, 0.25) is 23.6 Å². The van der Waals surface area contributed by atoms with Crippen molar-refractivity contribution in [3.8, 4) is 0 Å². The number of cyclic esters (lactones) is 1. The summed E-state index contributed by atoms with van der Waals surface area (Å²) in [7, 11) is 3.19. The van der Waals surface area contributed by atoms with Crippen molar-refractivity contribution < 1.29 is 28.7 Å². The van der Waals surface area contributed by atoms with Crippen LogP contribution in [0.25, 0.3) is 0 Å². The largest absolute Gasteiger partial charge is 0.459 e. The molecule has 0 bridgehead atoms. The topological polar surface area (TPSA) is 125 Å². The summed E-state index contributed by atoms with van der Waals surface area (Å²) in [5.74, 6) is -1.59. The third-order valence-corrected chi connectivity index (χ3v) is 7.44. The van der Waals surface area contributed by atoms with Crippen LogP contribution in [0.5, 0.6) is 0 Å². The normalized spacial score (nSPS) is 23.2. The van der Waals surface area contributed by atoms with Crippen molar-refractivity contribution in [2.45, 2.75) is 43.6 Å². The lowest BCUT2D eigenvalue weighted by molar-refractivity contribution is -0.139. The number of nitrogens with zero attached hydrogens (tertiary/aromatic N) is 2. The Morgan fingerprint density at radius 1 is 1.26 bits per heavy atom. The molecular formula is C23H29BrN4O6S. The molecule has 2 N–H and O–H groups in total. The number of carbonyl (C=O) groups is 5. The minimum Gasteiger partial charge on any atom is -0.459 e. The number of amides is 4. The van der Waals surface area contributed by atoms with Crippen molar-refractivity contribution in [3.05, 3.63) is 33.8 Å². The fourth-order valence-electron chi connectivity index (χ4n) is 4.03. The Bertz CT molecular complexity index is 1020. The van der Waals surface area contributed by atoms with Gasteiger partial charge in [-0.3, -0.25) is 19.2 Å². The van der Waals surface area contributed by atoms with Crippen molar-refractivity contribution in [1.82, 2.24) is 20.4 Å². The molecule has 3 rings (SSSR count). The van der Waals surface area contributed by atoms with E-state index in [0.29, 0.717) is 30.7 Å². The molecule has 0 spiro atoms. The Hall–Kier alpha value is -2.60. The summed E-state index contributed by atoms with van der Waals surface area (Å²) in [5.41, 5.74) is 1.07. The fraction of sp³-hybridized carbons (Fsp3) is 0.522. The highest BCUT2D eigenvalue weighted by Gasteiger charge is 2.36. The Morgan fingerprint density at radius 2 is 2.00 bits per heavy atom. The second-order valence-corrected chi connectivity index (χ2v) is 10.6. The zero-order valence-electron chi connectivity index (χ0n) is 19.8. The van der Waals surface area contributed by atoms with Crippen LogP contribution in [0, 0.1) is 0 Å². The van der Waals surface area contributed by atoms with E-state index >= 15 is 0 Å². The maximum absolute atomic E-state index is 13.1. The maximum atomic E-state index is 13.1. The number of carbonyl (C=O) groups excluding carboxylic acids is 5. The van der Waals surface area contributed by atoms with Crippen LogP contribution in [0.2, 0.25) is 0 Å². The molecule has 1 aromatic rings. The Kier molecular flexibility index (Phi) is 9.17. The highest BCUT2D eigenvalue weighted by molar-refractivity contribution is 9.10. The molecule has 2 aliphatic rings. The highest BCUT2D eigenvalue weighted by Crippen LogP contribution is 2.24. The van der Waals surface area contributed by atoms with Crippen LogP contribution in [0.1, 0.15) is 35.7 Å². The number of hydrogen-bond acceptors (Lipinski definition) is 7. The number of ether oxygens (including phenoxy) is 1. The molecule has 0 aromatic heterocycles. The average molecular weight is 569 g/mol. The van der Waals surface area contributed by atoms with E-state index in [4.69, 9.17) is 4.74 Å². The molecule has 0 radical (unpaired) electrons. The van der Waals surface area contributed by atoms with E-state index < -0.39 is 42.5 Å².